The summed E-state index contributed by atoms with van der Waals surface area (Å²) in [5, 5.41) is 11.0. The Kier molecular flexibility index (Phi) is 4.82. The fourth-order valence-corrected chi connectivity index (χ4v) is 3.84. The first kappa shape index (κ1) is 19.7. The van der Waals surface area contributed by atoms with Gasteiger partial charge >= 0.3 is 6.01 Å². The van der Waals surface area contributed by atoms with Gasteiger partial charge in [-0.05, 0) is 49.2 Å². The van der Waals surface area contributed by atoms with Crippen LogP contribution in [0.3, 0.4) is 0 Å². The lowest BCUT2D eigenvalue weighted by molar-refractivity contribution is 0.415. The number of aryl methyl sites for hydroxylation is 2. The van der Waals surface area contributed by atoms with Crippen LogP contribution in [0.15, 0.2) is 59.3 Å². The third kappa shape index (κ3) is 3.35. The van der Waals surface area contributed by atoms with E-state index in [1.54, 1.807) is 14.2 Å². The maximum absolute atomic E-state index is 5.72. The molecular formula is C24H22N6O2. The van der Waals surface area contributed by atoms with Crippen molar-refractivity contribution in [1.82, 2.24) is 24.6 Å². The van der Waals surface area contributed by atoms with E-state index in [0.29, 0.717) is 23.4 Å². The van der Waals surface area contributed by atoms with E-state index < -0.39 is 0 Å². The predicted molar refractivity (Wildman–Crippen MR) is 123 cm³/mol. The van der Waals surface area contributed by atoms with Crippen LogP contribution in [0.4, 0.5) is 6.01 Å². The molecule has 8 heteroatoms. The average molecular weight is 426 g/mol. The van der Waals surface area contributed by atoms with Crippen molar-refractivity contribution >= 4 is 11.8 Å². The molecule has 0 fully saturated rings. The smallest absolute Gasteiger partial charge is 0.315 e. The van der Waals surface area contributed by atoms with Crippen LogP contribution in [-0.4, -0.2) is 38.7 Å². The molecule has 8 nitrogen and oxygen atoms in total. The van der Waals surface area contributed by atoms with Gasteiger partial charge in [0.1, 0.15) is 5.75 Å². The summed E-state index contributed by atoms with van der Waals surface area (Å²) in [6, 6.07) is 14.3. The quantitative estimate of drug-likeness (QED) is 0.432. The van der Waals surface area contributed by atoms with Gasteiger partial charge in [-0.1, -0.05) is 23.3 Å². The molecule has 0 radical (unpaired) electrons. The van der Waals surface area contributed by atoms with Crippen LogP contribution in [0.1, 0.15) is 11.1 Å². The van der Waals surface area contributed by atoms with Crippen molar-refractivity contribution in [3.63, 3.8) is 0 Å². The highest BCUT2D eigenvalue weighted by Crippen LogP contribution is 2.35. The second-order valence-electron chi connectivity index (χ2n) is 7.49. The van der Waals surface area contributed by atoms with Gasteiger partial charge in [-0.2, -0.15) is 0 Å². The zero-order valence-electron chi connectivity index (χ0n) is 18.2. The number of ether oxygens (including phenoxy) is 1. The Morgan fingerprint density at radius 1 is 0.938 bits per heavy atom. The van der Waals surface area contributed by atoms with Crippen molar-refractivity contribution in [3.05, 3.63) is 66.0 Å². The Morgan fingerprint density at radius 3 is 2.44 bits per heavy atom. The molecule has 0 saturated heterocycles. The summed E-state index contributed by atoms with van der Waals surface area (Å²) in [6.45, 7) is 4.19. The molecule has 0 aliphatic heterocycles. The summed E-state index contributed by atoms with van der Waals surface area (Å²) in [6.07, 6.45) is 3.92. The molecular weight excluding hydrogens is 404 g/mol. The monoisotopic (exact) mass is 426 g/mol. The van der Waals surface area contributed by atoms with Crippen molar-refractivity contribution in [2.24, 2.45) is 0 Å². The van der Waals surface area contributed by atoms with E-state index in [-0.39, 0.29) is 0 Å². The Bertz CT molecular complexity index is 1420. The lowest BCUT2D eigenvalue weighted by Crippen LogP contribution is -1.94. The Balaban J connectivity index is 1.64. The zero-order chi connectivity index (χ0) is 22.2. The van der Waals surface area contributed by atoms with E-state index in [1.165, 1.54) is 11.1 Å². The highest BCUT2D eigenvalue weighted by molar-refractivity contribution is 5.80. The standard InChI is InChI=1S/C24H22N6O2/c1-14-6-5-7-15(2)21(14)19-10-11-30-13-20(27-23(30)26-19)17-9-8-16(31-4)12-18(17)22-28-29-24(25-3)32-22/h5-13H,1-4H3,(H,25,29). The minimum absolute atomic E-state index is 0.337. The molecule has 0 amide bonds. The van der Waals surface area contributed by atoms with E-state index >= 15 is 0 Å². The number of nitrogens with zero attached hydrogens (tertiary/aromatic N) is 5. The molecule has 5 rings (SSSR count). The fourth-order valence-electron chi connectivity index (χ4n) is 3.84. The molecule has 0 saturated carbocycles. The van der Waals surface area contributed by atoms with Gasteiger partial charge in [0, 0.05) is 30.6 Å². The molecule has 160 valence electrons. The number of fused-ring (bicyclic) bond motifs is 1. The fraction of sp³-hybridized carbons (Fsp3) is 0.167. The number of methoxy groups -OCH3 is 1. The van der Waals surface area contributed by atoms with Crippen molar-refractivity contribution in [2.75, 3.05) is 19.5 Å². The molecule has 2 aromatic carbocycles. The van der Waals surface area contributed by atoms with Gasteiger partial charge in [-0.3, -0.25) is 4.40 Å². The molecule has 5 aromatic rings. The SMILES string of the molecule is CNc1nnc(-c2cc(OC)ccc2-c2cn3ccc(-c4c(C)cccc4C)nc3n2)o1. The third-order valence-electron chi connectivity index (χ3n) is 5.44. The molecule has 0 spiro atoms. The van der Waals surface area contributed by atoms with Gasteiger partial charge in [0.2, 0.25) is 5.78 Å². The second-order valence-corrected chi connectivity index (χ2v) is 7.49. The van der Waals surface area contributed by atoms with Gasteiger partial charge in [0.25, 0.3) is 5.89 Å². The molecule has 0 aliphatic carbocycles. The van der Waals surface area contributed by atoms with Crippen LogP contribution < -0.4 is 10.1 Å². The number of benzene rings is 2. The number of imidazole rings is 1. The number of hydrogen-bond acceptors (Lipinski definition) is 7. The number of aromatic nitrogens is 5. The van der Waals surface area contributed by atoms with Gasteiger partial charge < -0.3 is 14.5 Å². The topological polar surface area (TPSA) is 90.4 Å². The minimum Gasteiger partial charge on any atom is -0.497 e. The van der Waals surface area contributed by atoms with Gasteiger partial charge in [0.05, 0.1) is 24.1 Å². The number of hydrogen-bond donors (Lipinski definition) is 1. The number of anilines is 1. The molecule has 3 heterocycles. The van der Waals surface area contributed by atoms with Crippen LogP contribution in [0.2, 0.25) is 0 Å². The summed E-state index contributed by atoms with van der Waals surface area (Å²) in [5.41, 5.74) is 6.72. The average Bonchev–Trinajstić information content (AvgIpc) is 3.45. The summed E-state index contributed by atoms with van der Waals surface area (Å²) >= 11 is 0. The predicted octanol–water partition coefficient (Wildman–Crippen LogP) is 4.78. The highest BCUT2D eigenvalue weighted by atomic mass is 16.5. The van der Waals surface area contributed by atoms with E-state index in [1.807, 2.05) is 41.1 Å². The van der Waals surface area contributed by atoms with Crippen LogP contribution >= 0.6 is 0 Å². The van der Waals surface area contributed by atoms with Crippen molar-refractivity contribution in [3.8, 4) is 39.7 Å². The van der Waals surface area contributed by atoms with E-state index in [2.05, 4.69) is 47.6 Å². The minimum atomic E-state index is 0.337. The summed E-state index contributed by atoms with van der Waals surface area (Å²) in [7, 11) is 3.35. The molecule has 3 aromatic heterocycles. The molecule has 0 unspecified atom stereocenters. The molecule has 0 atom stereocenters. The summed E-state index contributed by atoms with van der Waals surface area (Å²) in [4.78, 5) is 9.64. The number of rotatable bonds is 5. The number of nitrogens with one attached hydrogen (secondary N) is 1. The lowest BCUT2D eigenvalue weighted by Gasteiger charge is -2.08. The Labute approximate surface area is 184 Å². The Hall–Kier alpha value is -4.20. The van der Waals surface area contributed by atoms with Crippen LogP contribution in [0.25, 0.3) is 39.7 Å². The van der Waals surface area contributed by atoms with E-state index in [4.69, 9.17) is 19.1 Å². The van der Waals surface area contributed by atoms with Crippen LogP contribution in [0, 0.1) is 13.8 Å². The zero-order valence-corrected chi connectivity index (χ0v) is 18.2. The van der Waals surface area contributed by atoms with Crippen LogP contribution in [0.5, 0.6) is 5.75 Å². The second kappa shape index (κ2) is 7.81. The van der Waals surface area contributed by atoms with Gasteiger partial charge in [-0.25, -0.2) is 9.97 Å². The summed E-state index contributed by atoms with van der Waals surface area (Å²) < 4.78 is 13.0. The van der Waals surface area contributed by atoms with Gasteiger partial charge in [-0.15, -0.1) is 5.10 Å². The third-order valence-corrected chi connectivity index (χ3v) is 5.44. The largest absolute Gasteiger partial charge is 0.497 e. The van der Waals surface area contributed by atoms with E-state index in [9.17, 15) is 0 Å². The lowest BCUT2D eigenvalue weighted by atomic mass is 10.00. The normalized spacial score (nSPS) is 11.1. The maximum atomic E-state index is 5.72. The first-order chi connectivity index (χ1) is 15.6. The van der Waals surface area contributed by atoms with Crippen LogP contribution in [-0.2, 0) is 0 Å². The first-order valence-electron chi connectivity index (χ1n) is 10.2. The molecule has 0 aliphatic rings. The highest BCUT2D eigenvalue weighted by Gasteiger charge is 2.18. The first-order valence-corrected chi connectivity index (χ1v) is 10.2. The maximum Gasteiger partial charge on any atom is 0.315 e. The molecule has 32 heavy (non-hydrogen) atoms. The Morgan fingerprint density at radius 2 is 1.72 bits per heavy atom. The van der Waals surface area contributed by atoms with Crippen molar-refractivity contribution in [2.45, 2.75) is 13.8 Å². The van der Waals surface area contributed by atoms with E-state index in [0.717, 1.165) is 28.1 Å². The van der Waals surface area contributed by atoms with Crippen molar-refractivity contribution < 1.29 is 9.15 Å². The van der Waals surface area contributed by atoms with Crippen molar-refractivity contribution in [1.29, 1.82) is 0 Å². The summed E-state index contributed by atoms with van der Waals surface area (Å²) in [5.74, 6) is 1.68. The molecule has 1 N–H and O–H groups in total. The molecule has 0 bridgehead atoms. The van der Waals surface area contributed by atoms with Gasteiger partial charge in [0.15, 0.2) is 0 Å².